The van der Waals surface area contributed by atoms with Crippen LogP contribution in [0.1, 0.15) is 33.6 Å². The lowest BCUT2D eigenvalue weighted by molar-refractivity contribution is -0.194. The zero-order valence-electron chi connectivity index (χ0n) is 16.5. The van der Waals surface area contributed by atoms with Gasteiger partial charge in [-0.25, -0.2) is 4.98 Å². The molecule has 1 amide bonds. The van der Waals surface area contributed by atoms with Crippen LogP contribution in [0.2, 0.25) is 0 Å². The third-order valence-electron chi connectivity index (χ3n) is 5.26. The summed E-state index contributed by atoms with van der Waals surface area (Å²) in [5, 5.41) is 24.4. The van der Waals surface area contributed by atoms with Crippen molar-refractivity contribution >= 4 is 17.2 Å². The van der Waals surface area contributed by atoms with Gasteiger partial charge in [-0.3, -0.25) is 9.78 Å². The fraction of sp³-hybridized carbons (Fsp3) is 0.318. The van der Waals surface area contributed by atoms with Crippen molar-refractivity contribution < 1.29 is 19.7 Å². The number of aromatic nitrogens is 2. The van der Waals surface area contributed by atoms with Gasteiger partial charge in [-0.2, -0.15) is 0 Å². The fourth-order valence-electron chi connectivity index (χ4n) is 3.43. The van der Waals surface area contributed by atoms with Crippen molar-refractivity contribution in [3.05, 3.63) is 69.8 Å². The van der Waals surface area contributed by atoms with Gasteiger partial charge in [0.1, 0.15) is 11.8 Å². The average molecular weight is 426 g/mol. The number of aryl methyl sites for hydroxylation is 1. The second-order valence-electron chi connectivity index (χ2n) is 7.36. The number of nitrogens with zero attached hydrogens (tertiary/aromatic N) is 2. The molecular weight excluding hydrogens is 402 g/mol. The molecule has 7 nitrogen and oxygen atoms in total. The molecule has 0 saturated carbocycles. The van der Waals surface area contributed by atoms with E-state index in [9.17, 15) is 15.0 Å². The van der Waals surface area contributed by atoms with Gasteiger partial charge in [-0.15, -0.1) is 11.3 Å². The predicted octanol–water partition coefficient (Wildman–Crippen LogP) is 2.30. The number of amides is 1. The van der Waals surface area contributed by atoms with E-state index >= 15 is 0 Å². The number of nitrogens with one attached hydrogen (secondary N) is 1. The highest BCUT2D eigenvalue weighted by atomic mass is 32.1. The predicted molar refractivity (Wildman–Crippen MR) is 113 cm³/mol. The van der Waals surface area contributed by atoms with Gasteiger partial charge in [-0.1, -0.05) is 24.3 Å². The van der Waals surface area contributed by atoms with E-state index in [1.807, 2.05) is 29.9 Å². The van der Waals surface area contributed by atoms with Crippen molar-refractivity contribution in [3.63, 3.8) is 0 Å². The molecular formula is C22H23N3O4S. The summed E-state index contributed by atoms with van der Waals surface area (Å²) in [5.41, 5.74) is 7.26. The third-order valence-corrected chi connectivity index (χ3v) is 5.85. The standard InChI is InChI=1S/C22H23N3O4S/c1-13-10-23-18(21(27)25-17-6-7-29-22(28)20(17)26)9-16(13)8-14-2-4-15(5-3-14)19-11-30-12-24-19/h2-5,9-12,17,20,22,26,28H,6-8H2,1H3,(H,25,27)/t17-,20+,22?/m0/s1. The summed E-state index contributed by atoms with van der Waals surface area (Å²) in [6.07, 6.45) is 0.323. The van der Waals surface area contributed by atoms with Gasteiger partial charge in [0.05, 0.1) is 23.9 Å². The maximum Gasteiger partial charge on any atom is 0.270 e. The van der Waals surface area contributed by atoms with E-state index in [1.165, 1.54) is 0 Å². The van der Waals surface area contributed by atoms with Gasteiger partial charge in [0.25, 0.3) is 5.91 Å². The van der Waals surface area contributed by atoms with Crippen LogP contribution in [0.25, 0.3) is 11.3 Å². The van der Waals surface area contributed by atoms with Gasteiger partial charge < -0.3 is 20.3 Å². The maximum atomic E-state index is 12.6. The molecule has 0 aliphatic carbocycles. The summed E-state index contributed by atoms with van der Waals surface area (Å²) >= 11 is 1.57. The molecule has 3 N–H and O–H groups in total. The van der Waals surface area contributed by atoms with Crippen LogP contribution >= 0.6 is 11.3 Å². The molecule has 0 radical (unpaired) electrons. The van der Waals surface area contributed by atoms with Crippen LogP contribution in [-0.2, 0) is 11.2 Å². The zero-order chi connectivity index (χ0) is 21.1. The Balaban J connectivity index is 1.47. The zero-order valence-corrected chi connectivity index (χ0v) is 17.3. The number of aliphatic hydroxyl groups is 2. The lowest BCUT2D eigenvalue weighted by Gasteiger charge is -2.32. The molecule has 3 aromatic rings. The molecule has 30 heavy (non-hydrogen) atoms. The highest BCUT2D eigenvalue weighted by molar-refractivity contribution is 7.07. The van der Waals surface area contributed by atoms with E-state index in [1.54, 1.807) is 23.6 Å². The molecule has 1 unspecified atom stereocenters. The Labute approximate surface area is 178 Å². The van der Waals surface area contributed by atoms with Crippen LogP contribution in [0.4, 0.5) is 0 Å². The van der Waals surface area contributed by atoms with Crippen molar-refractivity contribution in [3.8, 4) is 11.3 Å². The van der Waals surface area contributed by atoms with Crippen LogP contribution < -0.4 is 5.32 Å². The molecule has 0 bridgehead atoms. The second-order valence-corrected chi connectivity index (χ2v) is 8.08. The number of hydrogen-bond donors (Lipinski definition) is 3. The van der Waals surface area contributed by atoms with Crippen molar-refractivity contribution in [2.24, 2.45) is 0 Å². The number of carbonyl (C=O) groups is 1. The molecule has 0 spiro atoms. The number of ether oxygens (including phenoxy) is 1. The minimum absolute atomic E-state index is 0.270. The summed E-state index contributed by atoms with van der Waals surface area (Å²) in [5.74, 6) is -0.381. The first-order chi connectivity index (χ1) is 14.5. The minimum Gasteiger partial charge on any atom is -0.386 e. The fourth-order valence-corrected chi connectivity index (χ4v) is 3.99. The highest BCUT2D eigenvalue weighted by Gasteiger charge is 2.32. The number of benzene rings is 1. The van der Waals surface area contributed by atoms with Gasteiger partial charge >= 0.3 is 0 Å². The molecule has 1 aliphatic heterocycles. The topological polar surface area (TPSA) is 105 Å². The SMILES string of the molecule is Cc1cnc(C(=O)N[C@H]2CCOC(O)[C@@H]2O)cc1Cc1ccc(-c2cscn2)cc1. The summed E-state index contributed by atoms with van der Waals surface area (Å²) in [4.78, 5) is 21.2. The van der Waals surface area contributed by atoms with Crippen LogP contribution in [0, 0.1) is 6.92 Å². The Hall–Kier alpha value is -2.65. The largest absolute Gasteiger partial charge is 0.386 e. The highest BCUT2D eigenvalue weighted by Crippen LogP contribution is 2.21. The molecule has 4 rings (SSSR count). The van der Waals surface area contributed by atoms with Crippen molar-refractivity contribution in [2.45, 2.75) is 38.2 Å². The number of rotatable bonds is 5. The normalized spacial score (nSPS) is 21.4. The summed E-state index contributed by atoms with van der Waals surface area (Å²) in [6, 6.07) is 9.42. The molecule has 8 heteroatoms. The third kappa shape index (κ3) is 4.57. The Morgan fingerprint density at radius 3 is 2.80 bits per heavy atom. The minimum atomic E-state index is -1.29. The Morgan fingerprint density at radius 2 is 2.07 bits per heavy atom. The molecule has 2 aromatic heterocycles. The van der Waals surface area contributed by atoms with Crippen molar-refractivity contribution in [1.29, 1.82) is 0 Å². The maximum absolute atomic E-state index is 12.6. The molecule has 1 saturated heterocycles. The molecule has 1 fully saturated rings. The van der Waals surface area contributed by atoms with Crippen molar-refractivity contribution in [1.82, 2.24) is 15.3 Å². The summed E-state index contributed by atoms with van der Waals surface area (Å²) < 4.78 is 4.98. The van der Waals surface area contributed by atoms with Gasteiger partial charge in [-0.05, 0) is 42.5 Å². The van der Waals surface area contributed by atoms with E-state index in [0.717, 1.165) is 27.9 Å². The number of carbonyl (C=O) groups excluding carboxylic acids is 1. The van der Waals surface area contributed by atoms with Crippen LogP contribution in [0.15, 0.2) is 47.4 Å². The molecule has 3 atom stereocenters. The van der Waals surface area contributed by atoms with Gasteiger partial charge in [0, 0.05) is 17.1 Å². The lowest BCUT2D eigenvalue weighted by Crippen LogP contribution is -2.53. The van der Waals surface area contributed by atoms with E-state index in [4.69, 9.17) is 4.74 Å². The van der Waals surface area contributed by atoms with Gasteiger partial charge in [0.2, 0.25) is 0 Å². The first kappa shape index (κ1) is 20.6. The number of pyridine rings is 1. The summed E-state index contributed by atoms with van der Waals surface area (Å²) in [7, 11) is 0. The lowest BCUT2D eigenvalue weighted by atomic mass is 9.99. The van der Waals surface area contributed by atoms with Crippen LogP contribution in [-0.4, -0.2) is 51.1 Å². The quantitative estimate of drug-likeness (QED) is 0.579. The molecule has 1 aliphatic rings. The smallest absolute Gasteiger partial charge is 0.270 e. The first-order valence-corrected chi connectivity index (χ1v) is 10.7. The van der Waals surface area contributed by atoms with E-state index in [2.05, 4.69) is 27.4 Å². The van der Waals surface area contributed by atoms with Gasteiger partial charge in [0.15, 0.2) is 6.29 Å². The van der Waals surface area contributed by atoms with E-state index in [0.29, 0.717) is 12.8 Å². The Morgan fingerprint density at radius 1 is 1.27 bits per heavy atom. The monoisotopic (exact) mass is 425 g/mol. The number of hydrogen-bond acceptors (Lipinski definition) is 7. The Kier molecular flexibility index (Phi) is 6.19. The van der Waals surface area contributed by atoms with E-state index < -0.39 is 18.4 Å². The number of thiazole rings is 1. The van der Waals surface area contributed by atoms with Crippen LogP contribution in [0.5, 0.6) is 0 Å². The average Bonchev–Trinajstić information content (AvgIpc) is 3.28. The molecule has 3 heterocycles. The summed E-state index contributed by atoms with van der Waals surface area (Å²) in [6.45, 7) is 2.24. The second kappa shape index (κ2) is 9.01. The Bertz CT molecular complexity index is 1010. The molecule has 156 valence electrons. The van der Waals surface area contributed by atoms with Crippen molar-refractivity contribution in [2.75, 3.05) is 6.61 Å². The van der Waals surface area contributed by atoms with E-state index in [-0.39, 0.29) is 18.2 Å². The molecule has 1 aromatic carbocycles. The first-order valence-electron chi connectivity index (χ1n) is 9.73. The van der Waals surface area contributed by atoms with Crippen LogP contribution in [0.3, 0.4) is 0 Å². The number of aliphatic hydroxyl groups excluding tert-OH is 2.